The summed E-state index contributed by atoms with van der Waals surface area (Å²) in [6.45, 7) is 6.62. The summed E-state index contributed by atoms with van der Waals surface area (Å²) in [5.41, 5.74) is 3.04. The van der Waals surface area contributed by atoms with Gasteiger partial charge in [-0.25, -0.2) is 8.42 Å². The molecule has 12 heteroatoms. The number of carbonyl (C=O) groups excluding carboxylic acids is 2. The predicted octanol–water partition coefficient (Wildman–Crippen LogP) is 2.91. The average Bonchev–Trinajstić information content (AvgIpc) is 3.20. The Morgan fingerprint density at radius 1 is 1.03 bits per heavy atom. The predicted molar refractivity (Wildman–Crippen MR) is 145 cm³/mol. The summed E-state index contributed by atoms with van der Waals surface area (Å²) in [6.07, 6.45) is 0. The van der Waals surface area contributed by atoms with Crippen molar-refractivity contribution in [2.75, 3.05) is 47.1 Å². The maximum absolute atomic E-state index is 13.1. The van der Waals surface area contributed by atoms with Gasteiger partial charge in [-0.1, -0.05) is 17.4 Å². The summed E-state index contributed by atoms with van der Waals surface area (Å²) in [7, 11) is -0.820. The Hall–Kier alpha value is -2.90. The van der Waals surface area contributed by atoms with E-state index >= 15 is 0 Å². The molecule has 0 N–H and O–H groups in total. The van der Waals surface area contributed by atoms with E-state index in [-0.39, 0.29) is 49.9 Å². The van der Waals surface area contributed by atoms with Crippen LogP contribution in [0.25, 0.3) is 10.2 Å². The Balaban J connectivity index is 1.97. The standard InChI is InChI=1S/C26H33N3O7S2/c1-6-36-23(30)17-29-24-19(3)15-18(2)16-22(24)37-26(29)27-25(31)20-7-9-21(10-8-20)38(32,33)28(11-13-34-4)12-14-35-5/h7-10,15-16H,6,11-14,17H2,1-5H3. The maximum atomic E-state index is 13.1. The number of esters is 1. The first-order valence-electron chi connectivity index (χ1n) is 12.1. The third kappa shape index (κ3) is 6.94. The quantitative estimate of drug-likeness (QED) is 0.311. The summed E-state index contributed by atoms with van der Waals surface area (Å²) in [4.78, 5) is 30.1. The Labute approximate surface area is 226 Å². The SMILES string of the molecule is CCOC(=O)Cn1c(=NC(=O)c2ccc(S(=O)(=O)N(CCOC)CCOC)cc2)sc2cc(C)cc(C)c21. The van der Waals surface area contributed by atoms with Crippen molar-refractivity contribution in [1.29, 1.82) is 0 Å². The van der Waals surface area contributed by atoms with Crippen LogP contribution in [0, 0.1) is 13.8 Å². The summed E-state index contributed by atoms with van der Waals surface area (Å²) >= 11 is 1.30. The number of rotatable bonds is 12. The fourth-order valence-corrected chi connectivity index (χ4v) is 6.58. The third-order valence-corrected chi connectivity index (χ3v) is 8.67. The van der Waals surface area contributed by atoms with Gasteiger partial charge in [0.1, 0.15) is 6.54 Å². The maximum Gasteiger partial charge on any atom is 0.326 e. The second-order valence-corrected chi connectivity index (χ2v) is 11.5. The number of amides is 1. The van der Waals surface area contributed by atoms with Crippen LogP contribution < -0.4 is 4.80 Å². The number of aromatic nitrogens is 1. The number of carbonyl (C=O) groups is 2. The second kappa shape index (κ2) is 13.3. The van der Waals surface area contributed by atoms with Crippen molar-refractivity contribution in [2.24, 2.45) is 4.99 Å². The minimum atomic E-state index is -3.82. The van der Waals surface area contributed by atoms with Gasteiger partial charge in [0, 0.05) is 32.9 Å². The molecule has 0 radical (unpaired) electrons. The zero-order valence-electron chi connectivity index (χ0n) is 22.2. The molecule has 0 saturated carbocycles. The van der Waals surface area contributed by atoms with E-state index in [2.05, 4.69) is 4.99 Å². The number of aryl methyl sites for hydroxylation is 2. The minimum absolute atomic E-state index is 0.0478. The molecule has 1 heterocycles. The molecule has 0 bridgehead atoms. The molecule has 0 aliphatic heterocycles. The van der Waals surface area contributed by atoms with Crippen LogP contribution >= 0.6 is 11.3 Å². The van der Waals surface area contributed by atoms with Crippen molar-refractivity contribution in [3.05, 3.63) is 57.9 Å². The summed E-state index contributed by atoms with van der Waals surface area (Å²) in [6, 6.07) is 9.62. The lowest BCUT2D eigenvalue weighted by molar-refractivity contribution is -0.143. The highest BCUT2D eigenvalue weighted by atomic mass is 32.2. The normalized spacial score (nSPS) is 12.4. The van der Waals surface area contributed by atoms with E-state index in [1.165, 1.54) is 54.1 Å². The molecule has 10 nitrogen and oxygen atoms in total. The van der Waals surface area contributed by atoms with Gasteiger partial charge in [0.2, 0.25) is 10.0 Å². The lowest BCUT2D eigenvalue weighted by Gasteiger charge is -2.21. The van der Waals surface area contributed by atoms with Gasteiger partial charge in [0.05, 0.1) is 34.9 Å². The van der Waals surface area contributed by atoms with Gasteiger partial charge in [-0.15, -0.1) is 0 Å². The fourth-order valence-electron chi connectivity index (χ4n) is 3.97. The molecule has 3 aromatic rings. The van der Waals surface area contributed by atoms with Gasteiger partial charge in [-0.3, -0.25) is 9.59 Å². The number of sulfonamides is 1. The van der Waals surface area contributed by atoms with E-state index in [9.17, 15) is 18.0 Å². The van der Waals surface area contributed by atoms with Crippen molar-refractivity contribution in [3.8, 4) is 0 Å². The third-order valence-electron chi connectivity index (χ3n) is 5.73. The van der Waals surface area contributed by atoms with Crippen molar-refractivity contribution in [3.63, 3.8) is 0 Å². The molecule has 206 valence electrons. The molecule has 1 aromatic heterocycles. The van der Waals surface area contributed by atoms with Gasteiger partial charge >= 0.3 is 5.97 Å². The Morgan fingerprint density at radius 2 is 1.66 bits per heavy atom. The van der Waals surface area contributed by atoms with Crippen LogP contribution in [0.4, 0.5) is 0 Å². The summed E-state index contributed by atoms with van der Waals surface area (Å²) in [5, 5.41) is 0. The van der Waals surface area contributed by atoms with E-state index in [1.807, 2.05) is 26.0 Å². The van der Waals surface area contributed by atoms with Crippen LogP contribution in [0.1, 0.15) is 28.4 Å². The number of ether oxygens (including phenoxy) is 3. The second-order valence-electron chi connectivity index (χ2n) is 8.54. The van der Waals surface area contributed by atoms with Crippen molar-refractivity contribution in [1.82, 2.24) is 8.87 Å². The van der Waals surface area contributed by atoms with E-state index < -0.39 is 21.9 Å². The van der Waals surface area contributed by atoms with Gasteiger partial charge in [-0.05, 0) is 62.2 Å². The first-order chi connectivity index (χ1) is 18.1. The van der Waals surface area contributed by atoms with Gasteiger partial charge in [0.25, 0.3) is 5.91 Å². The number of fused-ring (bicyclic) bond motifs is 1. The van der Waals surface area contributed by atoms with Crippen molar-refractivity contribution < 1.29 is 32.2 Å². The number of benzene rings is 2. The molecule has 0 aliphatic rings. The molecule has 0 spiro atoms. The van der Waals surface area contributed by atoms with Crippen LogP contribution in [0.3, 0.4) is 0 Å². The highest BCUT2D eigenvalue weighted by Gasteiger charge is 2.24. The summed E-state index contributed by atoms with van der Waals surface area (Å²) < 4.78 is 45.3. The molecule has 0 fully saturated rings. The monoisotopic (exact) mass is 563 g/mol. The molecule has 0 atom stereocenters. The topological polar surface area (TPSA) is 117 Å². The Bertz CT molecular complexity index is 1450. The molecule has 0 saturated heterocycles. The molecule has 38 heavy (non-hydrogen) atoms. The average molecular weight is 564 g/mol. The zero-order valence-corrected chi connectivity index (χ0v) is 23.9. The Kier molecular flexibility index (Phi) is 10.3. The fraction of sp³-hybridized carbons (Fsp3) is 0.423. The first-order valence-corrected chi connectivity index (χ1v) is 14.3. The van der Waals surface area contributed by atoms with Gasteiger partial charge in [-0.2, -0.15) is 9.30 Å². The molecular weight excluding hydrogens is 530 g/mol. The summed E-state index contributed by atoms with van der Waals surface area (Å²) in [5.74, 6) is -0.981. The van der Waals surface area contributed by atoms with E-state index in [1.54, 1.807) is 11.5 Å². The van der Waals surface area contributed by atoms with E-state index in [0.717, 1.165) is 21.3 Å². The minimum Gasteiger partial charge on any atom is -0.465 e. The van der Waals surface area contributed by atoms with Crippen LogP contribution in [-0.4, -0.2) is 76.3 Å². The highest BCUT2D eigenvalue weighted by molar-refractivity contribution is 7.89. The molecule has 1 amide bonds. The Morgan fingerprint density at radius 3 is 2.24 bits per heavy atom. The lowest BCUT2D eigenvalue weighted by atomic mass is 10.1. The van der Waals surface area contributed by atoms with Gasteiger partial charge in [0.15, 0.2) is 4.80 Å². The van der Waals surface area contributed by atoms with Gasteiger partial charge < -0.3 is 18.8 Å². The first kappa shape index (κ1) is 29.7. The van der Waals surface area contributed by atoms with Crippen LogP contribution in [0.5, 0.6) is 0 Å². The zero-order chi connectivity index (χ0) is 27.9. The molecule has 3 rings (SSSR count). The van der Waals surface area contributed by atoms with Crippen molar-refractivity contribution >= 4 is 43.5 Å². The number of methoxy groups -OCH3 is 2. The number of hydrogen-bond acceptors (Lipinski definition) is 8. The molecular formula is C26H33N3O7S2. The number of thiazole rings is 1. The van der Waals surface area contributed by atoms with E-state index in [4.69, 9.17) is 14.2 Å². The van der Waals surface area contributed by atoms with E-state index in [0.29, 0.717) is 4.80 Å². The van der Waals surface area contributed by atoms with Crippen molar-refractivity contribution in [2.45, 2.75) is 32.2 Å². The molecule has 2 aromatic carbocycles. The van der Waals surface area contributed by atoms with Crippen LogP contribution in [-0.2, 0) is 35.6 Å². The van der Waals surface area contributed by atoms with Crippen LogP contribution in [0.2, 0.25) is 0 Å². The van der Waals surface area contributed by atoms with Crippen LogP contribution in [0.15, 0.2) is 46.3 Å². The smallest absolute Gasteiger partial charge is 0.326 e. The number of hydrogen-bond donors (Lipinski definition) is 0. The number of nitrogens with zero attached hydrogens (tertiary/aromatic N) is 3. The molecule has 0 aliphatic carbocycles. The lowest BCUT2D eigenvalue weighted by Crippen LogP contribution is -2.36. The largest absolute Gasteiger partial charge is 0.465 e. The highest BCUT2D eigenvalue weighted by Crippen LogP contribution is 2.24. The molecule has 0 unspecified atom stereocenters.